The van der Waals surface area contributed by atoms with Gasteiger partial charge in [-0.25, -0.2) is 14.3 Å². The second-order valence-electron chi connectivity index (χ2n) is 4.98. The number of hydrogen-bond donors (Lipinski definition) is 1. The van der Waals surface area contributed by atoms with Crippen LogP contribution in [0.2, 0.25) is 0 Å². The predicted molar refractivity (Wildman–Crippen MR) is 77.0 cm³/mol. The lowest BCUT2D eigenvalue weighted by Gasteiger charge is -2.15. The summed E-state index contributed by atoms with van der Waals surface area (Å²) in [6.07, 6.45) is 1.80. The van der Waals surface area contributed by atoms with E-state index < -0.39 is 0 Å². The number of nitrogens with zero attached hydrogens (tertiary/aromatic N) is 5. The Kier molecular flexibility index (Phi) is 3.50. The fourth-order valence-corrected chi connectivity index (χ4v) is 2.94. The van der Waals surface area contributed by atoms with E-state index in [0.717, 1.165) is 15.7 Å². The summed E-state index contributed by atoms with van der Waals surface area (Å²) in [4.78, 5) is 31.9. The van der Waals surface area contributed by atoms with Gasteiger partial charge in [-0.3, -0.25) is 4.79 Å². The zero-order valence-electron chi connectivity index (χ0n) is 11.9. The third-order valence-electron chi connectivity index (χ3n) is 3.30. The van der Waals surface area contributed by atoms with Crippen molar-refractivity contribution < 1.29 is 9.59 Å². The minimum atomic E-state index is -0.181. The first-order valence-corrected chi connectivity index (χ1v) is 7.43. The lowest BCUT2D eigenvalue weighted by molar-refractivity contribution is -0.121. The summed E-state index contributed by atoms with van der Waals surface area (Å²) in [5.74, 6) is -0.181. The Labute approximate surface area is 125 Å². The average Bonchev–Trinajstić information content (AvgIpc) is 3.05. The summed E-state index contributed by atoms with van der Waals surface area (Å²) in [5.41, 5.74) is 0.756. The number of urea groups is 1. The molecule has 2 aromatic rings. The van der Waals surface area contributed by atoms with Crippen molar-refractivity contribution in [3.63, 3.8) is 0 Å². The summed E-state index contributed by atoms with van der Waals surface area (Å²) < 4.78 is 1.71. The van der Waals surface area contributed by atoms with E-state index in [0.29, 0.717) is 19.6 Å². The Morgan fingerprint density at radius 3 is 2.95 bits per heavy atom. The Hall–Kier alpha value is -2.16. The maximum atomic E-state index is 11.9. The highest BCUT2D eigenvalue weighted by atomic mass is 32.1. The number of nitrogens with one attached hydrogen (secondary N) is 1. The molecule has 1 aliphatic rings. The molecule has 21 heavy (non-hydrogen) atoms. The van der Waals surface area contributed by atoms with Gasteiger partial charge in [-0.15, -0.1) is 0 Å². The van der Waals surface area contributed by atoms with Crippen LogP contribution in [-0.4, -0.2) is 63.0 Å². The number of hydrogen-bond acceptors (Lipinski definition) is 5. The zero-order valence-corrected chi connectivity index (χ0v) is 12.7. The second-order valence-corrected chi connectivity index (χ2v) is 6.14. The molecule has 9 heteroatoms. The molecule has 2 aromatic heterocycles. The molecule has 0 atom stereocenters. The van der Waals surface area contributed by atoms with Crippen LogP contribution in [0.25, 0.3) is 4.96 Å². The topological polar surface area (TPSA) is 82.8 Å². The largest absolute Gasteiger partial charge is 0.349 e. The summed E-state index contributed by atoms with van der Waals surface area (Å²) in [6, 6.07) is -0.104. The molecule has 0 spiro atoms. The molecule has 0 aromatic carbocycles. The second kappa shape index (κ2) is 5.32. The fraction of sp³-hybridized carbons (Fsp3) is 0.500. The summed E-state index contributed by atoms with van der Waals surface area (Å²) in [6.45, 7) is 3.60. The number of imidazole rings is 1. The van der Waals surface area contributed by atoms with Gasteiger partial charge in [0, 0.05) is 20.1 Å². The van der Waals surface area contributed by atoms with Crippen molar-refractivity contribution >= 4 is 28.2 Å². The van der Waals surface area contributed by atoms with Crippen molar-refractivity contribution in [1.29, 1.82) is 0 Å². The van der Waals surface area contributed by atoms with Gasteiger partial charge in [-0.1, -0.05) is 11.3 Å². The third-order valence-corrected chi connectivity index (χ3v) is 4.14. The maximum absolute atomic E-state index is 11.9. The normalized spacial score (nSPS) is 15.2. The first-order chi connectivity index (χ1) is 10.0. The van der Waals surface area contributed by atoms with E-state index in [9.17, 15) is 9.59 Å². The molecule has 0 unspecified atom stereocenters. The molecule has 0 saturated carbocycles. The van der Waals surface area contributed by atoms with Gasteiger partial charge >= 0.3 is 6.03 Å². The highest BCUT2D eigenvalue weighted by Gasteiger charge is 2.26. The van der Waals surface area contributed by atoms with Gasteiger partial charge in [0.1, 0.15) is 11.6 Å². The molecule has 0 aliphatic carbocycles. The molecule has 3 heterocycles. The van der Waals surface area contributed by atoms with Crippen LogP contribution in [0.3, 0.4) is 0 Å². The smallest absolute Gasteiger partial charge is 0.320 e. The lowest BCUT2D eigenvalue weighted by atomic mass is 10.4. The standard InChI is InChI=1S/C12H16N6O2S/c1-8-15-18-6-9(14-11(18)21-8)5-13-10(19)7-17-4-3-16(2)12(17)20/h6H,3-5,7H2,1-2H3,(H,13,19). The molecule has 1 fully saturated rings. The molecule has 3 rings (SSSR count). The van der Waals surface area contributed by atoms with E-state index in [1.807, 2.05) is 6.92 Å². The Morgan fingerprint density at radius 2 is 2.29 bits per heavy atom. The monoisotopic (exact) mass is 308 g/mol. The van der Waals surface area contributed by atoms with E-state index in [1.165, 1.54) is 16.2 Å². The molecule has 3 amide bonds. The predicted octanol–water partition coefficient (Wildman–Crippen LogP) is 0.0828. The fourth-order valence-electron chi connectivity index (χ4n) is 2.20. The van der Waals surface area contributed by atoms with Crippen molar-refractivity contribution in [3.05, 3.63) is 16.9 Å². The first kappa shape index (κ1) is 13.8. The quantitative estimate of drug-likeness (QED) is 0.867. The van der Waals surface area contributed by atoms with Gasteiger partial charge < -0.3 is 15.1 Å². The van der Waals surface area contributed by atoms with Gasteiger partial charge in [0.15, 0.2) is 0 Å². The van der Waals surface area contributed by atoms with Gasteiger partial charge in [0.25, 0.3) is 0 Å². The molecule has 1 saturated heterocycles. The lowest BCUT2D eigenvalue weighted by Crippen LogP contribution is -2.39. The number of fused-ring (bicyclic) bond motifs is 1. The highest BCUT2D eigenvalue weighted by molar-refractivity contribution is 7.16. The van der Waals surface area contributed by atoms with Crippen LogP contribution in [0.15, 0.2) is 6.20 Å². The number of amides is 3. The van der Waals surface area contributed by atoms with Crippen LogP contribution in [0.5, 0.6) is 0 Å². The molecular formula is C12H16N6O2S. The number of aryl methyl sites for hydroxylation is 1. The van der Waals surface area contributed by atoms with Crippen LogP contribution in [0.4, 0.5) is 4.79 Å². The molecule has 0 bridgehead atoms. The van der Waals surface area contributed by atoms with Crippen molar-refractivity contribution in [2.45, 2.75) is 13.5 Å². The van der Waals surface area contributed by atoms with E-state index in [-0.39, 0.29) is 18.5 Å². The Morgan fingerprint density at radius 1 is 1.48 bits per heavy atom. The molecule has 0 radical (unpaired) electrons. The van der Waals surface area contributed by atoms with E-state index in [1.54, 1.807) is 22.7 Å². The van der Waals surface area contributed by atoms with Crippen LogP contribution >= 0.6 is 11.3 Å². The van der Waals surface area contributed by atoms with Crippen LogP contribution in [0, 0.1) is 6.92 Å². The van der Waals surface area contributed by atoms with Crippen molar-refractivity contribution in [2.75, 3.05) is 26.7 Å². The van der Waals surface area contributed by atoms with Crippen molar-refractivity contribution in [1.82, 2.24) is 29.7 Å². The van der Waals surface area contributed by atoms with Crippen LogP contribution in [0.1, 0.15) is 10.7 Å². The van der Waals surface area contributed by atoms with Gasteiger partial charge in [-0.05, 0) is 6.92 Å². The minimum Gasteiger partial charge on any atom is -0.349 e. The van der Waals surface area contributed by atoms with E-state index in [4.69, 9.17) is 0 Å². The summed E-state index contributed by atoms with van der Waals surface area (Å²) in [5, 5.41) is 7.99. The highest BCUT2D eigenvalue weighted by Crippen LogP contribution is 2.13. The number of rotatable bonds is 4. The first-order valence-electron chi connectivity index (χ1n) is 6.61. The van der Waals surface area contributed by atoms with Crippen LogP contribution < -0.4 is 5.32 Å². The van der Waals surface area contributed by atoms with E-state index in [2.05, 4.69) is 15.4 Å². The third kappa shape index (κ3) is 2.82. The van der Waals surface area contributed by atoms with Gasteiger partial charge in [0.2, 0.25) is 10.9 Å². The van der Waals surface area contributed by atoms with Crippen LogP contribution in [-0.2, 0) is 11.3 Å². The van der Waals surface area contributed by atoms with Gasteiger partial charge in [0.05, 0.1) is 18.4 Å². The van der Waals surface area contributed by atoms with Gasteiger partial charge in [-0.2, -0.15) is 5.10 Å². The van der Waals surface area contributed by atoms with Crippen molar-refractivity contribution in [3.8, 4) is 0 Å². The molecular weight excluding hydrogens is 292 g/mol. The summed E-state index contributed by atoms with van der Waals surface area (Å²) >= 11 is 1.50. The zero-order chi connectivity index (χ0) is 15.0. The number of carbonyl (C=O) groups is 2. The maximum Gasteiger partial charge on any atom is 0.320 e. The number of likely N-dealkylation sites (N-methyl/N-ethyl adjacent to an activating group) is 1. The molecule has 1 aliphatic heterocycles. The average molecular weight is 308 g/mol. The Bertz CT molecular complexity index is 662. The summed E-state index contributed by atoms with van der Waals surface area (Å²) in [7, 11) is 1.73. The number of aromatic nitrogens is 3. The molecule has 8 nitrogen and oxygen atoms in total. The molecule has 1 N–H and O–H groups in total. The van der Waals surface area contributed by atoms with Crippen molar-refractivity contribution in [2.24, 2.45) is 0 Å². The molecule has 112 valence electrons. The number of carbonyl (C=O) groups excluding carboxylic acids is 2. The SMILES string of the molecule is Cc1nn2cc(CNC(=O)CN3CCN(C)C3=O)nc2s1. The van der Waals surface area contributed by atoms with E-state index >= 15 is 0 Å². The Balaban J connectivity index is 1.53. The minimum absolute atomic E-state index is 0.0861.